The van der Waals surface area contributed by atoms with E-state index < -0.39 is 11.8 Å². The van der Waals surface area contributed by atoms with E-state index in [-0.39, 0.29) is 0 Å². The fourth-order valence-electron chi connectivity index (χ4n) is 1.07. The number of ketones is 1. The van der Waals surface area contributed by atoms with Crippen LogP contribution in [-0.2, 0) is 4.79 Å². The maximum atomic E-state index is 11.4. The first-order valence-electron chi connectivity index (χ1n) is 3.90. The van der Waals surface area contributed by atoms with Gasteiger partial charge in [0, 0.05) is 6.08 Å². The standard InChI is InChI=1S/C9H9NO4/c1-5-9(6(2)14-10-5)7(11)3-4-8(12)13/h3-4H,1-2H3,(H,12,13)/b4-3+. The van der Waals surface area contributed by atoms with Crippen LogP contribution >= 0.6 is 0 Å². The van der Waals surface area contributed by atoms with Gasteiger partial charge in [0.25, 0.3) is 0 Å². The minimum atomic E-state index is -1.16. The first-order chi connectivity index (χ1) is 6.52. The quantitative estimate of drug-likeness (QED) is 0.577. The highest BCUT2D eigenvalue weighted by Gasteiger charge is 2.14. The maximum Gasteiger partial charge on any atom is 0.328 e. The van der Waals surface area contributed by atoms with Crippen LogP contribution in [0.15, 0.2) is 16.7 Å². The number of rotatable bonds is 3. The van der Waals surface area contributed by atoms with Crippen LogP contribution in [0.1, 0.15) is 21.8 Å². The molecular weight excluding hydrogens is 186 g/mol. The Morgan fingerprint density at radius 1 is 1.36 bits per heavy atom. The Morgan fingerprint density at radius 2 is 2.00 bits per heavy atom. The summed E-state index contributed by atoms with van der Waals surface area (Å²) in [6.45, 7) is 3.22. The molecule has 0 spiro atoms. The molecule has 1 rings (SSSR count). The highest BCUT2D eigenvalue weighted by Crippen LogP contribution is 2.13. The molecule has 0 saturated carbocycles. The van der Waals surface area contributed by atoms with Crippen molar-refractivity contribution < 1.29 is 19.2 Å². The average Bonchev–Trinajstić information content (AvgIpc) is 2.42. The minimum Gasteiger partial charge on any atom is -0.478 e. The summed E-state index contributed by atoms with van der Waals surface area (Å²) >= 11 is 0. The normalized spacial score (nSPS) is 10.7. The predicted molar refractivity (Wildman–Crippen MR) is 47.1 cm³/mol. The number of aryl methyl sites for hydroxylation is 2. The third-order valence-electron chi connectivity index (χ3n) is 1.66. The highest BCUT2D eigenvalue weighted by molar-refractivity contribution is 6.08. The second-order valence-electron chi connectivity index (χ2n) is 2.73. The fraction of sp³-hybridized carbons (Fsp3) is 0.222. The molecule has 0 radical (unpaired) electrons. The summed E-state index contributed by atoms with van der Waals surface area (Å²) in [5, 5.41) is 11.9. The molecule has 0 aliphatic rings. The van der Waals surface area contributed by atoms with Crippen LogP contribution in [0.2, 0.25) is 0 Å². The molecule has 1 aromatic heterocycles. The average molecular weight is 195 g/mol. The van der Waals surface area contributed by atoms with Crippen molar-refractivity contribution in [3.8, 4) is 0 Å². The second kappa shape index (κ2) is 3.87. The summed E-state index contributed by atoms with van der Waals surface area (Å²) in [5.74, 6) is -1.18. The Kier molecular flexibility index (Phi) is 2.81. The van der Waals surface area contributed by atoms with Gasteiger partial charge in [-0.2, -0.15) is 0 Å². The molecule has 0 aliphatic carbocycles. The SMILES string of the molecule is Cc1noc(C)c1C(=O)/C=C/C(=O)O. The Labute approximate surface area is 80.0 Å². The van der Waals surface area contributed by atoms with Crippen LogP contribution in [-0.4, -0.2) is 22.0 Å². The summed E-state index contributed by atoms with van der Waals surface area (Å²) in [7, 11) is 0. The maximum absolute atomic E-state index is 11.4. The summed E-state index contributed by atoms with van der Waals surface area (Å²) < 4.78 is 4.77. The van der Waals surface area contributed by atoms with Crippen molar-refractivity contribution in [1.82, 2.24) is 5.16 Å². The number of aliphatic carboxylic acids is 1. The predicted octanol–water partition coefficient (Wildman–Crippen LogP) is 1.11. The van der Waals surface area contributed by atoms with Gasteiger partial charge in [0.1, 0.15) is 5.76 Å². The summed E-state index contributed by atoms with van der Waals surface area (Å²) in [6.07, 6.45) is 1.77. The number of carboxylic acid groups (broad SMARTS) is 1. The molecule has 0 saturated heterocycles. The molecule has 74 valence electrons. The van der Waals surface area contributed by atoms with Crippen LogP contribution in [0.5, 0.6) is 0 Å². The number of carboxylic acids is 1. The van der Waals surface area contributed by atoms with Crippen LogP contribution in [0.4, 0.5) is 0 Å². The van der Waals surface area contributed by atoms with Crippen molar-refractivity contribution in [2.75, 3.05) is 0 Å². The Balaban J connectivity index is 2.95. The molecular formula is C9H9NO4. The molecule has 1 N–H and O–H groups in total. The number of carbonyl (C=O) groups is 2. The summed E-state index contributed by atoms with van der Waals surface area (Å²) in [5.41, 5.74) is 0.782. The van der Waals surface area contributed by atoms with Gasteiger partial charge in [0.05, 0.1) is 11.3 Å². The third-order valence-corrected chi connectivity index (χ3v) is 1.66. The molecule has 5 heteroatoms. The number of aromatic nitrogens is 1. The van der Waals surface area contributed by atoms with Crippen molar-refractivity contribution in [2.45, 2.75) is 13.8 Å². The zero-order valence-corrected chi connectivity index (χ0v) is 7.77. The van der Waals surface area contributed by atoms with Crippen LogP contribution in [0.25, 0.3) is 0 Å². The largest absolute Gasteiger partial charge is 0.478 e. The van der Waals surface area contributed by atoms with Gasteiger partial charge in [-0.3, -0.25) is 4.79 Å². The summed E-state index contributed by atoms with van der Waals surface area (Å²) in [6, 6.07) is 0. The minimum absolute atomic E-state index is 0.322. The van der Waals surface area contributed by atoms with Gasteiger partial charge < -0.3 is 9.63 Å². The van der Waals surface area contributed by atoms with Gasteiger partial charge in [0.15, 0.2) is 5.78 Å². The Bertz CT molecular complexity index is 383. The molecule has 0 bridgehead atoms. The Hall–Kier alpha value is -1.91. The van der Waals surface area contributed by atoms with E-state index in [1.165, 1.54) is 0 Å². The van der Waals surface area contributed by atoms with E-state index in [2.05, 4.69) is 5.16 Å². The Morgan fingerprint density at radius 3 is 2.43 bits per heavy atom. The van der Waals surface area contributed by atoms with E-state index in [0.717, 1.165) is 12.2 Å². The van der Waals surface area contributed by atoms with Gasteiger partial charge in [-0.15, -0.1) is 0 Å². The van der Waals surface area contributed by atoms with Gasteiger partial charge >= 0.3 is 5.97 Å². The molecule has 0 aliphatic heterocycles. The topological polar surface area (TPSA) is 80.4 Å². The van der Waals surface area contributed by atoms with Crippen molar-refractivity contribution >= 4 is 11.8 Å². The zero-order valence-electron chi connectivity index (χ0n) is 7.77. The highest BCUT2D eigenvalue weighted by atomic mass is 16.5. The lowest BCUT2D eigenvalue weighted by Crippen LogP contribution is -1.99. The zero-order chi connectivity index (χ0) is 10.7. The van der Waals surface area contributed by atoms with Gasteiger partial charge in [0.2, 0.25) is 0 Å². The lowest BCUT2D eigenvalue weighted by atomic mass is 10.1. The van der Waals surface area contributed by atoms with Gasteiger partial charge in [-0.1, -0.05) is 5.16 Å². The smallest absolute Gasteiger partial charge is 0.328 e. The van der Waals surface area contributed by atoms with E-state index in [0.29, 0.717) is 17.0 Å². The van der Waals surface area contributed by atoms with Crippen LogP contribution in [0, 0.1) is 13.8 Å². The number of carbonyl (C=O) groups excluding carboxylic acids is 1. The van der Waals surface area contributed by atoms with Crippen molar-refractivity contribution in [3.05, 3.63) is 29.2 Å². The lowest BCUT2D eigenvalue weighted by Gasteiger charge is -1.91. The molecule has 14 heavy (non-hydrogen) atoms. The van der Waals surface area contributed by atoms with Crippen LogP contribution in [0.3, 0.4) is 0 Å². The van der Waals surface area contributed by atoms with E-state index >= 15 is 0 Å². The monoisotopic (exact) mass is 195 g/mol. The molecule has 0 fully saturated rings. The first-order valence-corrected chi connectivity index (χ1v) is 3.90. The van der Waals surface area contributed by atoms with Crippen LogP contribution < -0.4 is 0 Å². The van der Waals surface area contributed by atoms with Crippen molar-refractivity contribution in [1.29, 1.82) is 0 Å². The van der Waals surface area contributed by atoms with E-state index in [9.17, 15) is 9.59 Å². The molecule has 0 aromatic carbocycles. The van der Waals surface area contributed by atoms with Crippen molar-refractivity contribution in [3.63, 3.8) is 0 Å². The second-order valence-corrected chi connectivity index (χ2v) is 2.73. The summed E-state index contributed by atoms with van der Waals surface area (Å²) in [4.78, 5) is 21.6. The number of hydrogen-bond donors (Lipinski definition) is 1. The molecule has 1 aromatic rings. The van der Waals surface area contributed by atoms with E-state index in [4.69, 9.17) is 9.63 Å². The van der Waals surface area contributed by atoms with Gasteiger partial charge in [-0.05, 0) is 19.9 Å². The fourth-order valence-corrected chi connectivity index (χ4v) is 1.07. The third kappa shape index (κ3) is 2.07. The molecule has 1 heterocycles. The van der Waals surface area contributed by atoms with Gasteiger partial charge in [-0.25, -0.2) is 4.79 Å². The van der Waals surface area contributed by atoms with Crippen molar-refractivity contribution in [2.24, 2.45) is 0 Å². The first kappa shape index (κ1) is 10.2. The molecule has 0 unspecified atom stereocenters. The molecule has 0 atom stereocenters. The number of allylic oxidation sites excluding steroid dienone is 1. The van der Waals surface area contributed by atoms with E-state index in [1.807, 2.05) is 0 Å². The molecule has 5 nitrogen and oxygen atoms in total. The number of nitrogens with zero attached hydrogens (tertiary/aromatic N) is 1. The lowest BCUT2D eigenvalue weighted by molar-refractivity contribution is -0.131. The number of hydrogen-bond acceptors (Lipinski definition) is 4. The molecule has 0 amide bonds. The van der Waals surface area contributed by atoms with E-state index in [1.54, 1.807) is 13.8 Å².